The highest BCUT2D eigenvalue weighted by Crippen LogP contribution is 2.51. The molecule has 22 heavy (non-hydrogen) atoms. The second-order valence-corrected chi connectivity index (χ2v) is 5.84. The number of hydrogen-bond donors (Lipinski definition) is 1. The molecule has 1 aromatic rings. The lowest BCUT2D eigenvalue weighted by Gasteiger charge is -2.32. The fourth-order valence-electron chi connectivity index (χ4n) is 2.87. The smallest absolute Gasteiger partial charge is 0.362 e. The number of halogens is 3. The van der Waals surface area contributed by atoms with Crippen LogP contribution in [0.2, 0.25) is 0 Å². The monoisotopic (exact) mass is 312 g/mol. The van der Waals surface area contributed by atoms with Crippen molar-refractivity contribution in [3.63, 3.8) is 0 Å². The molecule has 3 atom stereocenters. The van der Waals surface area contributed by atoms with Crippen molar-refractivity contribution < 1.29 is 23.1 Å². The first-order valence-electron chi connectivity index (χ1n) is 6.96. The van der Waals surface area contributed by atoms with E-state index in [0.29, 0.717) is 6.42 Å². The van der Waals surface area contributed by atoms with E-state index in [0.717, 1.165) is 5.56 Å². The predicted molar refractivity (Wildman–Crippen MR) is 72.9 cm³/mol. The molecule has 4 nitrogen and oxygen atoms in total. The minimum atomic E-state index is -4.94. The van der Waals surface area contributed by atoms with Gasteiger partial charge in [-0.3, -0.25) is 4.79 Å². The molecule has 2 aliphatic rings. The van der Waals surface area contributed by atoms with Gasteiger partial charge in [0.15, 0.2) is 0 Å². The molecule has 0 spiro atoms. The van der Waals surface area contributed by atoms with Crippen LogP contribution in [-0.4, -0.2) is 33.6 Å². The SMILES string of the molecule is CC1=NN(C(=O)[C@H]2C[C@@H]2c2ccccc2)[C@](O)(C(F)(F)F)C1. The largest absolute Gasteiger partial charge is 0.438 e. The Balaban J connectivity index is 1.81. The van der Waals surface area contributed by atoms with Crippen LogP contribution < -0.4 is 0 Å². The summed E-state index contributed by atoms with van der Waals surface area (Å²) in [4.78, 5) is 12.4. The van der Waals surface area contributed by atoms with Crippen LogP contribution in [0.25, 0.3) is 0 Å². The third-order valence-electron chi connectivity index (χ3n) is 4.12. The van der Waals surface area contributed by atoms with E-state index in [1.54, 1.807) is 0 Å². The number of aliphatic hydroxyl groups is 1. The molecule has 3 rings (SSSR count). The molecular weight excluding hydrogens is 297 g/mol. The van der Waals surface area contributed by atoms with Gasteiger partial charge in [-0.15, -0.1) is 0 Å². The number of carbonyl (C=O) groups excluding carboxylic acids is 1. The summed E-state index contributed by atoms with van der Waals surface area (Å²) in [5, 5.41) is 13.8. The van der Waals surface area contributed by atoms with Crippen LogP contribution >= 0.6 is 0 Å². The number of hydrogen-bond acceptors (Lipinski definition) is 3. The molecule has 0 saturated heterocycles. The van der Waals surface area contributed by atoms with Crippen LogP contribution in [0.3, 0.4) is 0 Å². The van der Waals surface area contributed by atoms with E-state index in [1.165, 1.54) is 6.92 Å². The van der Waals surface area contributed by atoms with Gasteiger partial charge in [-0.1, -0.05) is 30.3 Å². The van der Waals surface area contributed by atoms with Gasteiger partial charge in [0.2, 0.25) is 5.91 Å². The lowest BCUT2D eigenvalue weighted by atomic mass is 10.1. The van der Waals surface area contributed by atoms with Crippen LogP contribution in [0.1, 0.15) is 31.2 Å². The molecule has 0 aromatic heterocycles. The Bertz CT molecular complexity index is 629. The van der Waals surface area contributed by atoms with Gasteiger partial charge in [-0.2, -0.15) is 23.3 Å². The van der Waals surface area contributed by atoms with E-state index in [2.05, 4.69) is 5.10 Å². The van der Waals surface area contributed by atoms with Crippen molar-refractivity contribution >= 4 is 11.6 Å². The molecule has 1 fully saturated rings. The van der Waals surface area contributed by atoms with Crippen LogP contribution in [0.15, 0.2) is 35.4 Å². The molecular formula is C15H15F3N2O2. The summed E-state index contributed by atoms with van der Waals surface area (Å²) in [6, 6.07) is 9.15. The van der Waals surface area contributed by atoms with Gasteiger partial charge >= 0.3 is 6.18 Å². The van der Waals surface area contributed by atoms with Crippen molar-refractivity contribution in [1.82, 2.24) is 5.01 Å². The highest BCUT2D eigenvalue weighted by molar-refractivity contribution is 5.91. The summed E-state index contributed by atoms with van der Waals surface area (Å²) < 4.78 is 39.3. The molecule has 7 heteroatoms. The maximum absolute atomic E-state index is 13.1. The number of nitrogens with zero attached hydrogens (tertiary/aromatic N) is 2. The highest BCUT2D eigenvalue weighted by atomic mass is 19.4. The second kappa shape index (κ2) is 4.81. The van der Waals surface area contributed by atoms with Crippen LogP contribution in [0, 0.1) is 5.92 Å². The molecule has 0 unspecified atom stereocenters. The first-order chi connectivity index (χ1) is 10.2. The molecule has 1 aliphatic heterocycles. The topological polar surface area (TPSA) is 52.9 Å². The summed E-state index contributed by atoms with van der Waals surface area (Å²) in [6.07, 6.45) is -5.17. The van der Waals surface area contributed by atoms with E-state index in [-0.39, 0.29) is 16.6 Å². The maximum atomic E-state index is 13.1. The molecule has 0 bridgehead atoms. The third kappa shape index (κ3) is 2.29. The Morgan fingerprint density at radius 1 is 1.36 bits per heavy atom. The first kappa shape index (κ1) is 15.0. The van der Waals surface area contributed by atoms with E-state index >= 15 is 0 Å². The normalized spacial score (nSPS) is 31.1. The molecule has 1 aliphatic carbocycles. The molecule has 0 radical (unpaired) electrons. The van der Waals surface area contributed by atoms with Gasteiger partial charge in [0.05, 0.1) is 0 Å². The van der Waals surface area contributed by atoms with Crippen molar-refractivity contribution in [2.45, 2.75) is 37.6 Å². The Kier molecular flexibility index (Phi) is 3.28. The first-order valence-corrected chi connectivity index (χ1v) is 6.96. The molecule has 1 N–H and O–H groups in total. The summed E-state index contributed by atoms with van der Waals surface area (Å²) >= 11 is 0. The summed E-state index contributed by atoms with van der Waals surface area (Å²) in [5.41, 5.74) is -2.22. The highest BCUT2D eigenvalue weighted by Gasteiger charge is 2.64. The minimum absolute atomic E-state index is 0.0880. The molecule has 1 saturated carbocycles. The molecule has 1 aromatic carbocycles. The van der Waals surface area contributed by atoms with Crippen molar-refractivity contribution in [3.8, 4) is 0 Å². The zero-order valence-electron chi connectivity index (χ0n) is 11.8. The average molecular weight is 312 g/mol. The van der Waals surface area contributed by atoms with Crippen LogP contribution in [0.5, 0.6) is 0 Å². The maximum Gasteiger partial charge on any atom is 0.438 e. The zero-order chi connectivity index (χ0) is 16.1. The summed E-state index contributed by atoms with van der Waals surface area (Å²) in [7, 11) is 0. The quantitative estimate of drug-likeness (QED) is 0.913. The average Bonchev–Trinajstić information content (AvgIpc) is 3.18. The van der Waals surface area contributed by atoms with Crippen molar-refractivity contribution in [2.24, 2.45) is 11.0 Å². The number of carbonyl (C=O) groups is 1. The number of rotatable bonds is 2. The van der Waals surface area contributed by atoms with Crippen LogP contribution in [0.4, 0.5) is 13.2 Å². The third-order valence-corrected chi connectivity index (χ3v) is 4.12. The van der Waals surface area contributed by atoms with Gasteiger partial charge in [0, 0.05) is 18.1 Å². The lowest BCUT2D eigenvalue weighted by molar-refractivity contribution is -0.302. The molecule has 118 valence electrons. The fourth-order valence-corrected chi connectivity index (χ4v) is 2.87. The Labute approximate surface area is 125 Å². The summed E-state index contributed by atoms with van der Waals surface area (Å²) in [6.45, 7) is 1.37. The minimum Gasteiger partial charge on any atom is -0.362 e. The molecule has 1 amide bonds. The molecule has 1 heterocycles. The van der Waals surface area contributed by atoms with Crippen molar-refractivity contribution in [1.29, 1.82) is 0 Å². The predicted octanol–water partition coefficient (Wildman–Crippen LogP) is 2.65. The standard InChI is InChI=1S/C15H15F3N2O2/c1-9-8-14(22,15(16,17)18)20(19-9)13(21)12-7-11(12)10-5-3-2-4-6-10/h2-6,11-12,22H,7-8H2,1H3/t11-,12+,14-/m1/s1. The van der Waals surface area contributed by atoms with Gasteiger partial charge in [-0.25, -0.2) is 0 Å². The van der Waals surface area contributed by atoms with Gasteiger partial charge in [0.25, 0.3) is 5.72 Å². The number of benzene rings is 1. The van der Waals surface area contributed by atoms with Crippen molar-refractivity contribution in [2.75, 3.05) is 0 Å². The van der Waals surface area contributed by atoms with Gasteiger partial charge in [0.1, 0.15) is 0 Å². The van der Waals surface area contributed by atoms with E-state index < -0.39 is 30.1 Å². The number of alkyl halides is 3. The number of amides is 1. The zero-order valence-corrected chi connectivity index (χ0v) is 11.8. The Morgan fingerprint density at radius 2 is 2.00 bits per heavy atom. The van der Waals surface area contributed by atoms with Crippen LogP contribution in [-0.2, 0) is 4.79 Å². The Morgan fingerprint density at radius 3 is 2.59 bits per heavy atom. The second-order valence-electron chi connectivity index (χ2n) is 5.84. The summed E-state index contributed by atoms with van der Waals surface area (Å²) in [5.74, 6) is -1.45. The van der Waals surface area contributed by atoms with E-state index in [9.17, 15) is 23.1 Å². The fraction of sp³-hybridized carbons (Fsp3) is 0.467. The van der Waals surface area contributed by atoms with E-state index in [4.69, 9.17) is 0 Å². The Hall–Kier alpha value is -1.89. The van der Waals surface area contributed by atoms with Gasteiger partial charge < -0.3 is 5.11 Å². The van der Waals surface area contributed by atoms with E-state index in [1.807, 2.05) is 30.3 Å². The number of hydrazone groups is 1. The lowest BCUT2D eigenvalue weighted by Crippen LogP contribution is -2.57. The van der Waals surface area contributed by atoms with Gasteiger partial charge in [-0.05, 0) is 24.8 Å². The van der Waals surface area contributed by atoms with Crippen molar-refractivity contribution in [3.05, 3.63) is 35.9 Å².